The van der Waals surface area contributed by atoms with Gasteiger partial charge in [-0.05, 0) is 24.6 Å². The van der Waals surface area contributed by atoms with E-state index in [0.717, 1.165) is 17.1 Å². The molecule has 88 valence electrons. The summed E-state index contributed by atoms with van der Waals surface area (Å²) in [6.45, 7) is 0.700. The fraction of sp³-hybridized carbons (Fsp3) is 0.364. The van der Waals surface area contributed by atoms with Crippen LogP contribution in [-0.4, -0.2) is 30.5 Å². The smallest absolute Gasteiger partial charge is 0.335 e. The van der Waals surface area contributed by atoms with E-state index in [-0.39, 0.29) is 5.56 Å². The molecule has 0 aromatic heterocycles. The van der Waals surface area contributed by atoms with Crippen molar-refractivity contribution in [1.29, 1.82) is 0 Å². The third kappa shape index (κ3) is 3.75. The van der Waals surface area contributed by atoms with Gasteiger partial charge in [-0.2, -0.15) is 0 Å². The van der Waals surface area contributed by atoms with Crippen LogP contribution in [0.5, 0.6) is 0 Å². The van der Waals surface area contributed by atoms with E-state index in [2.05, 4.69) is 0 Å². The Morgan fingerprint density at radius 3 is 2.94 bits per heavy atom. The van der Waals surface area contributed by atoms with E-state index < -0.39 is 5.97 Å². The molecule has 0 amide bonds. The van der Waals surface area contributed by atoms with E-state index in [9.17, 15) is 4.79 Å². The number of ether oxygens (including phenoxy) is 1. The molecule has 1 aromatic carbocycles. The fourth-order valence-electron chi connectivity index (χ4n) is 1.18. The lowest BCUT2D eigenvalue weighted by Crippen LogP contribution is -1.99. The van der Waals surface area contributed by atoms with Crippen LogP contribution in [0.2, 0.25) is 0 Å². The number of thioether (sulfide) groups is 1. The molecule has 0 spiro atoms. The predicted octanol–water partition coefficient (Wildman–Crippen LogP) is 2.10. The summed E-state index contributed by atoms with van der Waals surface area (Å²) in [6.07, 6.45) is 0.915. The minimum atomic E-state index is -0.932. The number of carboxylic acids is 1. The molecule has 0 aliphatic carbocycles. The maximum absolute atomic E-state index is 10.8. The summed E-state index contributed by atoms with van der Waals surface area (Å²) >= 11 is 1.55. The topological polar surface area (TPSA) is 72.5 Å². The Balaban J connectivity index is 2.63. The van der Waals surface area contributed by atoms with Crippen LogP contribution >= 0.6 is 11.8 Å². The first kappa shape index (κ1) is 12.9. The molecule has 0 atom stereocenters. The summed E-state index contributed by atoms with van der Waals surface area (Å²) in [5, 5.41) is 8.84. The first-order chi connectivity index (χ1) is 7.65. The predicted molar refractivity (Wildman–Crippen MR) is 65.0 cm³/mol. The van der Waals surface area contributed by atoms with Gasteiger partial charge >= 0.3 is 5.97 Å². The highest BCUT2D eigenvalue weighted by molar-refractivity contribution is 7.99. The summed E-state index contributed by atoms with van der Waals surface area (Å²) in [5.41, 5.74) is 6.64. The Kier molecular flexibility index (Phi) is 5.14. The maximum Gasteiger partial charge on any atom is 0.335 e. The van der Waals surface area contributed by atoms with Crippen molar-refractivity contribution in [1.82, 2.24) is 0 Å². The molecule has 0 bridgehead atoms. The Morgan fingerprint density at radius 1 is 1.56 bits per heavy atom. The van der Waals surface area contributed by atoms with E-state index in [1.807, 2.05) is 0 Å². The average molecular weight is 241 g/mol. The van der Waals surface area contributed by atoms with Gasteiger partial charge in [0, 0.05) is 30.1 Å². The molecule has 16 heavy (non-hydrogen) atoms. The van der Waals surface area contributed by atoms with E-state index in [0.29, 0.717) is 12.3 Å². The average Bonchev–Trinajstić information content (AvgIpc) is 2.26. The highest BCUT2D eigenvalue weighted by Gasteiger charge is 2.06. The second-order valence-electron chi connectivity index (χ2n) is 3.25. The van der Waals surface area contributed by atoms with Crippen LogP contribution in [0.15, 0.2) is 23.1 Å². The molecule has 0 fully saturated rings. The summed E-state index contributed by atoms with van der Waals surface area (Å²) in [5.74, 6) is -0.0695. The van der Waals surface area contributed by atoms with E-state index >= 15 is 0 Å². The Morgan fingerprint density at radius 2 is 2.31 bits per heavy atom. The number of methoxy groups -OCH3 is 1. The highest BCUT2D eigenvalue weighted by atomic mass is 32.2. The van der Waals surface area contributed by atoms with Crippen LogP contribution in [0.25, 0.3) is 0 Å². The van der Waals surface area contributed by atoms with Crippen LogP contribution in [0.1, 0.15) is 16.8 Å². The number of rotatable bonds is 6. The molecule has 0 aliphatic rings. The van der Waals surface area contributed by atoms with Crippen molar-refractivity contribution in [3.8, 4) is 0 Å². The SMILES string of the molecule is COCCCSc1cc(C(=O)O)ccc1N. The number of nitrogens with two attached hydrogens (primary N) is 1. The number of nitrogen functional groups attached to an aromatic ring is 1. The number of hydrogen-bond acceptors (Lipinski definition) is 4. The van der Waals surface area contributed by atoms with Gasteiger partial charge in [-0.3, -0.25) is 0 Å². The second-order valence-corrected chi connectivity index (χ2v) is 4.39. The summed E-state index contributed by atoms with van der Waals surface area (Å²) < 4.78 is 4.93. The van der Waals surface area contributed by atoms with Gasteiger partial charge < -0.3 is 15.6 Å². The lowest BCUT2D eigenvalue weighted by Gasteiger charge is -2.06. The third-order valence-electron chi connectivity index (χ3n) is 2.01. The number of carboxylic acid groups (broad SMARTS) is 1. The summed E-state index contributed by atoms with van der Waals surface area (Å²) in [7, 11) is 1.66. The van der Waals surface area contributed by atoms with E-state index in [1.165, 1.54) is 6.07 Å². The molecular formula is C11H15NO3S. The number of anilines is 1. The molecule has 4 nitrogen and oxygen atoms in total. The van der Waals surface area contributed by atoms with Crippen LogP contribution < -0.4 is 5.73 Å². The number of benzene rings is 1. The van der Waals surface area contributed by atoms with Gasteiger partial charge in [0.25, 0.3) is 0 Å². The third-order valence-corrected chi connectivity index (χ3v) is 3.17. The first-order valence-electron chi connectivity index (χ1n) is 4.89. The Labute approximate surface area is 98.8 Å². The van der Waals surface area contributed by atoms with Crippen molar-refractivity contribution in [2.24, 2.45) is 0 Å². The zero-order valence-electron chi connectivity index (χ0n) is 9.10. The van der Waals surface area contributed by atoms with Gasteiger partial charge in [-0.1, -0.05) is 0 Å². The van der Waals surface area contributed by atoms with E-state index in [4.69, 9.17) is 15.6 Å². The van der Waals surface area contributed by atoms with E-state index in [1.54, 1.807) is 31.0 Å². The van der Waals surface area contributed by atoms with Crippen molar-refractivity contribution >= 4 is 23.4 Å². The van der Waals surface area contributed by atoms with Crippen molar-refractivity contribution in [3.63, 3.8) is 0 Å². The zero-order valence-corrected chi connectivity index (χ0v) is 9.92. The van der Waals surface area contributed by atoms with Crippen LogP contribution in [0.4, 0.5) is 5.69 Å². The molecule has 0 unspecified atom stereocenters. The molecule has 1 rings (SSSR count). The molecular weight excluding hydrogens is 226 g/mol. The van der Waals surface area contributed by atoms with Gasteiger partial charge in [0.2, 0.25) is 0 Å². The summed E-state index contributed by atoms with van der Waals surface area (Å²) in [6, 6.07) is 4.74. The van der Waals surface area contributed by atoms with Gasteiger partial charge in [0.15, 0.2) is 0 Å². The van der Waals surface area contributed by atoms with Gasteiger partial charge in [-0.25, -0.2) is 4.79 Å². The van der Waals surface area contributed by atoms with Crippen molar-refractivity contribution in [3.05, 3.63) is 23.8 Å². The molecule has 0 radical (unpaired) electrons. The molecule has 0 aliphatic heterocycles. The minimum Gasteiger partial charge on any atom is -0.478 e. The Bertz CT molecular complexity index is 368. The molecule has 0 saturated carbocycles. The molecule has 5 heteroatoms. The standard InChI is InChI=1S/C11H15NO3S/c1-15-5-2-6-16-10-7-8(11(13)14)3-4-9(10)12/h3-4,7H,2,5-6,12H2,1H3,(H,13,14). The quantitative estimate of drug-likeness (QED) is 0.453. The largest absolute Gasteiger partial charge is 0.478 e. The normalized spacial score (nSPS) is 10.3. The fourth-order valence-corrected chi connectivity index (χ4v) is 2.10. The van der Waals surface area contributed by atoms with Crippen LogP contribution in [0.3, 0.4) is 0 Å². The summed E-state index contributed by atoms with van der Waals surface area (Å²) in [4.78, 5) is 11.6. The van der Waals surface area contributed by atoms with Crippen molar-refractivity contribution < 1.29 is 14.6 Å². The highest BCUT2D eigenvalue weighted by Crippen LogP contribution is 2.26. The minimum absolute atomic E-state index is 0.267. The molecule has 0 saturated heterocycles. The molecule has 3 N–H and O–H groups in total. The van der Waals surface area contributed by atoms with Crippen LogP contribution in [-0.2, 0) is 4.74 Å². The van der Waals surface area contributed by atoms with Crippen molar-refractivity contribution in [2.75, 3.05) is 25.2 Å². The monoisotopic (exact) mass is 241 g/mol. The number of carbonyl (C=O) groups is 1. The first-order valence-corrected chi connectivity index (χ1v) is 5.88. The van der Waals surface area contributed by atoms with Crippen LogP contribution in [0, 0.1) is 0 Å². The van der Waals surface area contributed by atoms with Gasteiger partial charge in [-0.15, -0.1) is 11.8 Å². The van der Waals surface area contributed by atoms with Gasteiger partial charge in [0.1, 0.15) is 0 Å². The second kappa shape index (κ2) is 6.40. The Hall–Kier alpha value is -1.20. The molecule has 0 heterocycles. The number of aromatic carboxylic acids is 1. The van der Waals surface area contributed by atoms with Crippen molar-refractivity contribution in [2.45, 2.75) is 11.3 Å². The lowest BCUT2D eigenvalue weighted by molar-refractivity contribution is 0.0696. The van der Waals surface area contributed by atoms with Gasteiger partial charge in [0.05, 0.1) is 5.56 Å². The lowest BCUT2D eigenvalue weighted by atomic mass is 10.2. The number of hydrogen-bond donors (Lipinski definition) is 2. The molecule has 1 aromatic rings. The zero-order chi connectivity index (χ0) is 12.0. The maximum atomic E-state index is 10.8.